The molecule has 0 aliphatic rings. The van der Waals surface area contributed by atoms with Crippen LogP contribution in [-0.2, 0) is 15.3 Å². The summed E-state index contributed by atoms with van der Waals surface area (Å²) < 4.78 is 17.3. The standard InChI is InChI=1S/C17H21NO2S/c1-3-17(19,15-10-6-4-7-11-15)14-21(20,18-2)16-12-8-5-9-13-16/h4-13,19H,3,14H2,1-2H3/t17?,21-/m0/s1. The van der Waals surface area contributed by atoms with Crippen molar-refractivity contribution in [3.05, 3.63) is 66.2 Å². The van der Waals surface area contributed by atoms with Crippen LogP contribution in [0.4, 0.5) is 0 Å². The first-order chi connectivity index (χ1) is 10.0. The highest BCUT2D eigenvalue weighted by atomic mass is 32.2. The van der Waals surface area contributed by atoms with Gasteiger partial charge in [-0.3, -0.25) is 0 Å². The van der Waals surface area contributed by atoms with E-state index in [-0.39, 0.29) is 5.75 Å². The van der Waals surface area contributed by atoms with Crippen LogP contribution in [0.25, 0.3) is 0 Å². The van der Waals surface area contributed by atoms with Crippen LogP contribution in [0, 0.1) is 0 Å². The van der Waals surface area contributed by atoms with Gasteiger partial charge in [-0.1, -0.05) is 55.5 Å². The Labute approximate surface area is 126 Å². The molecule has 112 valence electrons. The molecule has 4 heteroatoms. The molecule has 0 aliphatic carbocycles. The van der Waals surface area contributed by atoms with Crippen LogP contribution >= 0.6 is 0 Å². The smallest absolute Gasteiger partial charge is 0.102 e. The molecule has 0 saturated carbocycles. The Morgan fingerprint density at radius 1 is 1.05 bits per heavy atom. The summed E-state index contributed by atoms with van der Waals surface area (Å²) >= 11 is 0. The van der Waals surface area contributed by atoms with Gasteiger partial charge in [0.25, 0.3) is 0 Å². The topological polar surface area (TPSA) is 49.7 Å². The lowest BCUT2D eigenvalue weighted by molar-refractivity contribution is 0.0571. The molecule has 0 aromatic heterocycles. The molecule has 0 amide bonds. The van der Waals surface area contributed by atoms with Crippen molar-refractivity contribution in [3.63, 3.8) is 0 Å². The lowest BCUT2D eigenvalue weighted by Gasteiger charge is -2.28. The van der Waals surface area contributed by atoms with Crippen molar-refractivity contribution in [2.24, 2.45) is 4.36 Å². The average molecular weight is 303 g/mol. The summed E-state index contributed by atoms with van der Waals surface area (Å²) in [5, 5.41) is 11.0. The molecule has 0 saturated heterocycles. The van der Waals surface area contributed by atoms with Gasteiger partial charge in [-0.05, 0) is 24.1 Å². The predicted octanol–water partition coefficient (Wildman–Crippen LogP) is 3.44. The quantitative estimate of drug-likeness (QED) is 0.920. The summed E-state index contributed by atoms with van der Waals surface area (Å²) in [5.41, 5.74) is -0.368. The fraction of sp³-hybridized carbons (Fsp3) is 0.294. The van der Waals surface area contributed by atoms with E-state index in [0.29, 0.717) is 11.3 Å². The number of hydrogen-bond acceptors (Lipinski definition) is 3. The minimum Gasteiger partial charge on any atom is -0.384 e. The Morgan fingerprint density at radius 2 is 1.57 bits per heavy atom. The van der Waals surface area contributed by atoms with E-state index >= 15 is 0 Å². The van der Waals surface area contributed by atoms with Crippen LogP contribution in [0.1, 0.15) is 18.9 Å². The molecule has 0 heterocycles. The Bertz CT molecular complexity index is 691. The van der Waals surface area contributed by atoms with Gasteiger partial charge in [0, 0.05) is 11.9 Å². The molecule has 2 atom stereocenters. The van der Waals surface area contributed by atoms with Gasteiger partial charge in [0.2, 0.25) is 0 Å². The largest absolute Gasteiger partial charge is 0.384 e. The van der Waals surface area contributed by atoms with Crippen LogP contribution in [0.5, 0.6) is 0 Å². The highest BCUT2D eigenvalue weighted by molar-refractivity contribution is 7.93. The van der Waals surface area contributed by atoms with Gasteiger partial charge >= 0.3 is 0 Å². The highest BCUT2D eigenvalue weighted by Crippen LogP contribution is 2.30. The zero-order valence-corrected chi connectivity index (χ0v) is 13.2. The van der Waals surface area contributed by atoms with E-state index in [1.165, 1.54) is 0 Å². The van der Waals surface area contributed by atoms with Crippen molar-refractivity contribution in [1.82, 2.24) is 0 Å². The van der Waals surface area contributed by atoms with Gasteiger partial charge in [0.15, 0.2) is 0 Å². The van der Waals surface area contributed by atoms with E-state index in [4.69, 9.17) is 0 Å². The van der Waals surface area contributed by atoms with Crippen molar-refractivity contribution >= 4 is 9.73 Å². The second kappa shape index (κ2) is 6.41. The van der Waals surface area contributed by atoms with Gasteiger partial charge in [-0.15, -0.1) is 0 Å². The van der Waals surface area contributed by atoms with Gasteiger partial charge < -0.3 is 5.11 Å². The summed E-state index contributed by atoms with van der Waals surface area (Å²) in [6.07, 6.45) is 0.482. The Balaban J connectivity index is 2.44. The third-order valence-electron chi connectivity index (χ3n) is 3.74. The van der Waals surface area contributed by atoms with Gasteiger partial charge in [0.05, 0.1) is 15.5 Å². The van der Waals surface area contributed by atoms with Gasteiger partial charge in [0.1, 0.15) is 5.60 Å². The van der Waals surface area contributed by atoms with Crippen molar-refractivity contribution in [2.75, 3.05) is 12.8 Å². The van der Waals surface area contributed by atoms with Gasteiger partial charge in [-0.2, -0.15) is 0 Å². The maximum atomic E-state index is 13.2. The van der Waals surface area contributed by atoms with Crippen molar-refractivity contribution < 1.29 is 9.32 Å². The number of nitrogens with zero attached hydrogens (tertiary/aromatic N) is 1. The van der Waals surface area contributed by atoms with Gasteiger partial charge in [-0.25, -0.2) is 8.57 Å². The number of benzene rings is 2. The average Bonchev–Trinajstić information content (AvgIpc) is 2.56. The fourth-order valence-electron chi connectivity index (χ4n) is 2.35. The number of rotatable bonds is 5. The minimum atomic E-state index is -2.65. The normalized spacial score (nSPS) is 16.7. The molecule has 0 bridgehead atoms. The number of aliphatic hydroxyl groups is 1. The number of hydrogen-bond donors (Lipinski definition) is 1. The molecule has 1 unspecified atom stereocenters. The van der Waals surface area contributed by atoms with E-state index in [2.05, 4.69) is 4.36 Å². The Kier molecular flexibility index (Phi) is 4.80. The zero-order chi connectivity index (χ0) is 15.3. The SMILES string of the molecule is CCC(O)(C[S@@](=O)(=NC)c1ccccc1)c1ccccc1. The van der Waals surface area contributed by atoms with E-state index < -0.39 is 15.3 Å². The molecule has 2 rings (SSSR count). The summed E-state index contributed by atoms with van der Waals surface area (Å²) in [5.74, 6) is 0.0982. The van der Waals surface area contributed by atoms with Crippen molar-refractivity contribution in [2.45, 2.75) is 23.8 Å². The third kappa shape index (κ3) is 3.34. The maximum absolute atomic E-state index is 13.2. The molecule has 2 aromatic rings. The fourth-order valence-corrected chi connectivity index (χ4v) is 4.46. The van der Waals surface area contributed by atoms with E-state index in [1.807, 2.05) is 55.5 Å². The second-order valence-electron chi connectivity index (χ2n) is 5.03. The van der Waals surface area contributed by atoms with Crippen LogP contribution in [0.3, 0.4) is 0 Å². The van der Waals surface area contributed by atoms with Crippen LogP contribution in [-0.4, -0.2) is 22.1 Å². The third-order valence-corrected chi connectivity index (χ3v) is 6.20. The van der Waals surface area contributed by atoms with Crippen molar-refractivity contribution in [1.29, 1.82) is 0 Å². The highest BCUT2D eigenvalue weighted by Gasteiger charge is 2.32. The van der Waals surface area contributed by atoms with E-state index in [1.54, 1.807) is 19.2 Å². The molecule has 21 heavy (non-hydrogen) atoms. The molecular weight excluding hydrogens is 282 g/mol. The van der Waals surface area contributed by atoms with Crippen LogP contribution < -0.4 is 0 Å². The summed E-state index contributed by atoms with van der Waals surface area (Å²) in [7, 11) is -1.10. The molecule has 0 radical (unpaired) electrons. The molecule has 3 nitrogen and oxygen atoms in total. The molecule has 2 aromatic carbocycles. The Hall–Kier alpha value is -1.65. The first kappa shape index (κ1) is 15.7. The Morgan fingerprint density at radius 3 is 2.05 bits per heavy atom. The van der Waals surface area contributed by atoms with Crippen LogP contribution in [0.2, 0.25) is 0 Å². The molecule has 0 spiro atoms. The first-order valence-electron chi connectivity index (χ1n) is 7.00. The summed E-state index contributed by atoms with van der Waals surface area (Å²) in [6, 6.07) is 18.6. The lowest BCUT2D eigenvalue weighted by atomic mass is 9.93. The first-order valence-corrected chi connectivity index (χ1v) is 8.68. The monoisotopic (exact) mass is 303 g/mol. The van der Waals surface area contributed by atoms with E-state index in [9.17, 15) is 9.32 Å². The second-order valence-corrected chi connectivity index (χ2v) is 7.44. The molecule has 0 aliphatic heterocycles. The zero-order valence-electron chi connectivity index (χ0n) is 12.4. The predicted molar refractivity (Wildman–Crippen MR) is 86.7 cm³/mol. The van der Waals surface area contributed by atoms with Crippen molar-refractivity contribution in [3.8, 4) is 0 Å². The molecular formula is C17H21NO2S. The molecule has 0 fully saturated rings. The van der Waals surface area contributed by atoms with E-state index in [0.717, 1.165) is 5.56 Å². The van der Waals surface area contributed by atoms with Crippen LogP contribution in [0.15, 0.2) is 69.9 Å². The lowest BCUT2D eigenvalue weighted by Crippen LogP contribution is -2.33. The summed E-state index contributed by atoms with van der Waals surface area (Å²) in [4.78, 5) is 0.662. The summed E-state index contributed by atoms with van der Waals surface area (Å²) in [6.45, 7) is 1.90. The molecule has 1 N–H and O–H groups in total. The maximum Gasteiger partial charge on any atom is 0.102 e. The minimum absolute atomic E-state index is 0.0982.